The molecule has 3 aromatic rings. The van der Waals surface area contributed by atoms with Gasteiger partial charge < -0.3 is 14.0 Å². The van der Waals surface area contributed by atoms with Crippen molar-refractivity contribution in [2.75, 3.05) is 0 Å². The predicted molar refractivity (Wildman–Crippen MR) is 100.0 cm³/mol. The first-order valence-corrected chi connectivity index (χ1v) is 8.94. The van der Waals surface area contributed by atoms with Crippen LogP contribution in [0.15, 0.2) is 61.2 Å². The Labute approximate surface area is 173 Å². The highest BCUT2D eigenvalue weighted by Crippen LogP contribution is 2.32. The van der Waals surface area contributed by atoms with Crippen LogP contribution in [-0.2, 0) is 17.5 Å². The Balaban J connectivity index is 1.79. The number of nitrogens with zero attached hydrogens (tertiary/aromatic N) is 2. The van der Waals surface area contributed by atoms with Crippen LogP contribution in [0.25, 0.3) is 0 Å². The van der Waals surface area contributed by atoms with Gasteiger partial charge in [0.2, 0.25) is 0 Å². The second-order valence-electron chi connectivity index (χ2n) is 5.91. The molecule has 0 bridgehead atoms. The number of halogens is 5. The van der Waals surface area contributed by atoms with Crippen LogP contribution in [0.2, 0.25) is 10.0 Å². The van der Waals surface area contributed by atoms with Crippen molar-refractivity contribution in [2.24, 2.45) is 0 Å². The fourth-order valence-corrected chi connectivity index (χ4v) is 2.92. The van der Waals surface area contributed by atoms with Gasteiger partial charge in [0.1, 0.15) is 6.10 Å². The Bertz CT molecular complexity index is 977. The third-order valence-electron chi connectivity index (χ3n) is 3.87. The number of benzene rings is 2. The van der Waals surface area contributed by atoms with Gasteiger partial charge in [-0.15, -0.1) is 0 Å². The second-order valence-corrected chi connectivity index (χ2v) is 6.76. The van der Waals surface area contributed by atoms with Crippen molar-refractivity contribution in [3.05, 3.63) is 82.4 Å². The monoisotopic (exact) mass is 444 g/mol. The first-order valence-electron chi connectivity index (χ1n) is 8.19. The first kappa shape index (κ1) is 21.0. The number of carbonyl (C=O) groups is 1. The molecule has 2 aromatic carbocycles. The maximum Gasteiger partial charge on any atom is 0.514 e. The van der Waals surface area contributed by atoms with E-state index in [1.807, 2.05) is 0 Å². The highest BCUT2D eigenvalue weighted by Gasteiger charge is 2.30. The number of rotatable bonds is 5. The van der Waals surface area contributed by atoms with Crippen molar-refractivity contribution in [3.8, 4) is 5.75 Å². The van der Waals surface area contributed by atoms with Gasteiger partial charge in [0, 0.05) is 17.4 Å². The molecule has 152 valence electrons. The average Bonchev–Trinajstić information content (AvgIpc) is 3.16. The van der Waals surface area contributed by atoms with E-state index in [1.165, 1.54) is 42.9 Å². The maximum absolute atomic E-state index is 12.8. The van der Waals surface area contributed by atoms with Gasteiger partial charge in [-0.25, -0.2) is 9.78 Å². The first-order chi connectivity index (χ1) is 13.7. The molecule has 0 amide bonds. The summed E-state index contributed by atoms with van der Waals surface area (Å²) in [7, 11) is 0. The van der Waals surface area contributed by atoms with E-state index in [4.69, 9.17) is 32.7 Å². The number of hydrogen-bond acceptors (Lipinski definition) is 4. The molecule has 5 nitrogen and oxygen atoms in total. The van der Waals surface area contributed by atoms with Gasteiger partial charge in [-0.3, -0.25) is 0 Å². The molecule has 29 heavy (non-hydrogen) atoms. The van der Waals surface area contributed by atoms with E-state index in [0.29, 0.717) is 10.6 Å². The highest BCUT2D eigenvalue weighted by atomic mass is 35.5. The molecule has 0 fully saturated rings. The summed E-state index contributed by atoms with van der Waals surface area (Å²) < 4.78 is 50.5. The number of alkyl halides is 3. The zero-order valence-electron chi connectivity index (χ0n) is 14.6. The van der Waals surface area contributed by atoms with Gasteiger partial charge in [-0.1, -0.05) is 35.3 Å². The molecule has 10 heteroatoms. The van der Waals surface area contributed by atoms with E-state index >= 15 is 0 Å². The largest absolute Gasteiger partial charge is 0.514 e. The standard InChI is InChI=1S/C19H13Cl2F3N2O3/c20-14-5-6-16(15(21)9-14)28-18(27)29-17(10-26-8-7-25-11-26)12-1-3-13(4-2-12)19(22,23)24/h1-9,11,17H,10H2. The molecule has 0 spiro atoms. The molecule has 0 aliphatic rings. The minimum absolute atomic E-state index is 0.0369. The smallest absolute Gasteiger partial charge is 0.424 e. The second kappa shape index (κ2) is 8.75. The Morgan fingerprint density at radius 3 is 2.45 bits per heavy atom. The lowest BCUT2D eigenvalue weighted by Gasteiger charge is -2.19. The molecule has 1 heterocycles. The lowest BCUT2D eigenvalue weighted by Crippen LogP contribution is -2.19. The minimum Gasteiger partial charge on any atom is -0.424 e. The summed E-state index contributed by atoms with van der Waals surface area (Å²) in [6.45, 7) is 0.120. The molecule has 0 saturated carbocycles. The fraction of sp³-hybridized carbons (Fsp3) is 0.158. The topological polar surface area (TPSA) is 53.4 Å². The number of imidazole rings is 1. The lowest BCUT2D eigenvalue weighted by molar-refractivity contribution is -0.137. The van der Waals surface area contributed by atoms with Crippen LogP contribution < -0.4 is 4.74 Å². The van der Waals surface area contributed by atoms with Gasteiger partial charge >= 0.3 is 12.3 Å². The Hall–Kier alpha value is -2.71. The van der Waals surface area contributed by atoms with E-state index < -0.39 is 24.0 Å². The number of aromatic nitrogens is 2. The number of carbonyl (C=O) groups excluding carboxylic acids is 1. The molecule has 1 unspecified atom stereocenters. The Morgan fingerprint density at radius 2 is 1.86 bits per heavy atom. The lowest BCUT2D eigenvalue weighted by atomic mass is 10.1. The van der Waals surface area contributed by atoms with Crippen LogP contribution >= 0.6 is 23.2 Å². The summed E-state index contributed by atoms with van der Waals surface area (Å²) in [4.78, 5) is 16.1. The molecule has 0 saturated heterocycles. The SMILES string of the molecule is O=C(Oc1ccc(Cl)cc1Cl)OC(Cn1ccnc1)c1ccc(C(F)(F)F)cc1. The summed E-state index contributed by atoms with van der Waals surface area (Å²) in [5.74, 6) is 0.0369. The normalized spacial score (nSPS) is 12.4. The Morgan fingerprint density at radius 1 is 1.14 bits per heavy atom. The quantitative estimate of drug-likeness (QED) is 0.349. The van der Waals surface area contributed by atoms with E-state index in [2.05, 4.69) is 4.98 Å². The molecular weight excluding hydrogens is 432 g/mol. The van der Waals surface area contributed by atoms with Crippen molar-refractivity contribution in [2.45, 2.75) is 18.8 Å². The predicted octanol–water partition coefficient (Wildman–Crippen LogP) is 6.17. The van der Waals surface area contributed by atoms with E-state index in [1.54, 1.807) is 10.8 Å². The van der Waals surface area contributed by atoms with Gasteiger partial charge in [0.05, 0.1) is 23.5 Å². The van der Waals surface area contributed by atoms with Crippen LogP contribution in [0.4, 0.5) is 18.0 Å². The fourth-order valence-electron chi connectivity index (χ4n) is 2.47. The summed E-state index contributed by atoms with van der Waals surface area (Å²) >= 11 is 11.8. The van der Waals surface area contributed by atoms with E-state index in [9.17, 15) is 18.0 Å². The van der Waals surface area contributed by atoms with Crippen LogP contribution in [0, 0.1) is 0 Å². The number of hydrogen-bond donors (Lipinski definition) is 0. The number of ether oxygens (including phenoxy) is 2. The molecule has 0 radical (unpaired) electrons. The van der Waals surface area contributed by atoms with Crippen molar-refractivity contribution < 1.29 is 27.4 Å². The van der Waals surface area contributed by atoms with Gasteiger partial charge in [0.15, 0.2) is 5.75 Å². The molecule has 1 atom stereocenters. The zero-order chi connectivity index (χ0) is 21.0. The van der Waals surface area contributed by atoms with Gasteiger partial charge in [-0.05, 0) is 35.9 Å². The Kier molecular flexibility index (Phi) is 6.34. The molecule has 0 aliphatic carbocycles. The average molecular weight is 445 g/mol. The van der Waals surface area contributed by atoms with Crippen LogP contribution in [0.1, 0.15) is 17.2 Å². The third-order valence-corrected chi connectivity index (χ3v) is 4.40. The zero-order valence-corrected chi connectivity index (χ0v) is 16.1. The van der Waals surface area contributed by atoms with E-state index in [0.717, 1.165) is 12.1 Å². The minimum atomic E-state index is -4.47. The van der Waals surface area contributed by atoms with Gasteiger partial charge in [-0.2, -0.15) is 13.2 Å². The summed E-state index contributed by atoms with van der Waals surface area (Å²) in [6, 6.07) is 8.59. The van der Waals surface area contributed by atoms with Crippen LogP contribution in [0.5, 0.6) is 5.75 Å². The van der Waals surface area contributed by atoms with Crippen molar-refractivity contribution in [1.82, 2.24) is 9.55 Å². The summed E-state index contributed by atoms with van der Waals surface area (Å²) in [6.07, 6.45) is -1.83. The van der Waals surface area contributed by atoms with E-state index in [-0.39, 0.29) is 17.3 Å². The van der Waals surface area contributed by atoms with Gasteiger partial charge in [0.25, 0.3) is 0 Å². The molecule has 0 aliphatic heterocycles. The molecule has 1 aromatic heterocycles. The molecule has 3 rings (SSSR count). The van der Waals surface area contributed by atoms with Crippen molar-refractivity contribution >= 4 is 29.4 Å². The van der Waals surface area contributed by atoms with Crippen LogP contribution in [0.3, 0.4) is 0 Å². The third kappa shape index (κ3) is 5.65. The van der Waals surface area contributed by atoms with Crippen LogP contribution in [-0.4, -0.2) is 15.7 Å². The summed E-state index contributed by atoms with van der Waals surface area (Å²) in [5.41, 5.74) is -0.455. The highest BCUT2D eigenvalue weighted by molar-refractivity contribution is 6.35. The summed E-state index contributed by atoms with van der Waals surface area (Å²) in [5, 5.41) is 0.466. The maximum atomic E-state index is 12.8. The molecular formula is C19H13Cl2F3N2O3. The van der Waals surface area contributed by atoms with Crippen molar-refractivity contribution in [3.63, 3.8) is 0 Å². The van der Waals surface area contributed by atoms with Crippen molar-refractivity contribution in [1.29, 1.82) is 0 Å². The molecule has 0 N–H and O–H groups in total.